The molecule has 10 heteroatoms. The lowest BCUT2D eigenvalue weighted by molar-refractivity contribution is -0.153. The molecule has 38 heavy (non-hydrogen) atoms. The first kappa shape index (κ1) is 27.9. The second-order valence-electron chi connectivity index (χ2n) is 11.2. The topological polar surface area (TPSA) is 113 Å². The fourth-order valence-electron chi connectivity index (χ4n) is 5.63. The lowest BCUT2D eigenvalue weighted by Crippen LogP contribution is -2.59. The molecule has 1 N–H and O–H groups in total. The van der Waals surface area contributed by atoms with Crippen LogP contribution in [0.2, 0.25) is 0 Å². The lowest BCUT2D eigenvalue weighted by atomic mass is 9.76. The van der Waals surface area contributed by atoms with E-state index in [4.69, 9.17) is 4.74 Å². The number of esters is 1. The Bertz CT molecular complexity index is 1340. The zero-order valence-electron chi connectivity index (χ0n) is 22.6. The summed E-state index contributed by atoms with van der Waals surface area (Å²) in [4.78, 5) is 41.0. The standard InChI is InChI=1S/C28H35N3O6S/c1-27(2,3)19-12-14-20(15-13-19)38(35,36)30(4)17-21-22-23(25(33)31(5)24(22)32)28(29-21,26(34)37-6)16-18-10-8-7-9-11-18/h7-15,21-23,29H,16-17H2,1-6H3/t21-,22+,23-,28-/m1/s1. The summed E-state index contributed by atoms with van der Waals surface area (Å²) in [6.07, 6.45) is 0.107. The molecule has 0 aliphatic carbocycles. The molecule has 2 saturated heterocycles. The van der Waals surface area contributed by atoms with Crippen LogP contribution in [0.15, 0.2) is 59.5 Å². The Morgan fingerprint density at radius 1 is 1.05 bits per heavy atom. The molecular formula is C28H35N3O6S. The highest BCUT2D eigenvalue weighted by molar-refractivity contribution is 7.89. The molecule has 0 radical (unpaired) electrons. The Morgan fingerprint density at radius 2 is 1.66 bits per heavy atom. The molecule has 2 aromatic rings. The molecule has 2 fully saturated rings. The molecule has 4 atom stereocenters. The smallest absolute Gasteiger partial charge is 0.327 e. The van der Waals surface area contributed by atoms with Crippen molar-refractivity contribution in [3.63, 3.8) is 0 Å². The summed E-state index contributed by atoms with van der Waals surface area (Å²) in [5.74, 6) is -3.55. The number of likely N-dealkylation sites (N-methyl/N-ethyl adjacent to an activating group) is 1. The zero-order valence-corrected chi connectivity index (χ0v) is 23.4. The van der Waals surface area contributed by atoms with E-state index in [2.05, 4.69) is 5.32 Å². The fraction of sp³-hybridized carbons (Fsp3) is 0.464. The number of sulfonamides is 1. The van der Waals surface area contributed by atoms with E-state index in [9.17, 15) is 22.8 Å². The Labute approximate surface area is 224 Å². The number of hydrogen-bond donors (Lipinski definition) is 1. The molecule has 2 amide bonds. The number of nitrogens with zero attached hydrogens (tertiary/aromatic N) is 2. The highest BCUT2D eigenvalue weighted by Crippen LogP contribution is 2.45. The number of rotatable bonds is 7. The van der Waals surface area contributed by atoms with Crippen LogP contribution in [-0.2, 0) is 41.0 Å². The van der Waals surface area contributed by atoms with Gasteiger partial charge in [-0.1, -0.05) is 63.2 Å². The second-order valence-corrected chi connectivity index (χ2v) is 13.2. The second kappa shape index (κ2) is 9.91. The number of methoxy groups -OCH3 is 1. The van der Waals surface area contributed by atoms with Gasteiger partial charge >= 0.3 is 5.97 Å². The van der Waals surface area contributed by atoms with Gasteiger partial charge in [-0.2, -0.15) is 4.31 Å². The molecule has 204 valence electrons. The van der Waals surface area contributed by atoms with Gasteiger partial charge in [-0.05, 0) is 28.7 Å². The van der Waals surface area contributed by atoms with E-state index in [1.165, 1.54) is 25.5 Å². The number of ether oxygens (including phenoxy) is 1. The predicted octanol–water partition coefficient (Wildman–Crippen LogP) is 1.96. The summed E-state index contributed by atoms with van der Waals surface area (Å²) >= 11 is 0. The molecule has 0 spiro atoms. The number of carbonyl (C=O) groups excluding carboxylic acids is 3. The summed E-state index contributed by atoms with van der Waals surface area (Å²) in [5, 5.41) is 3.22. The van der Waals surface area contributed by atoms with Crippen LogP contribution < -0.4 is 5.32 Å². The van der Waals surface area contributed by atoms with Crippen LogP contribution in [0, 0.1) is 11.8 Å². The molecule has 0 unspecified atom stereocenters. The van der Waals surface area contributed by atoms with E-state index in [1.54, 1.807) is 24.3 Å². The van der Waals surface area contributed by atoms with E-state index < -0.39 is 51.2 Å². The van der Waals surface area contributed by atoms with Gasteiger partial charge in [0.15, 0.2) is 0 Å². The lowest BCUT2D eigenvalue weighted by Gasteiger charge is -2.32. The number of fused-ring (bicyclic) bond motifs is 1. The number of amides is 2. The van der Waals surface area contributed by atoms with Crippen molar-refractivity contribution in [2.45, 2.75) is 49.1 Å². The molecular weight excluding hydrogens is 506 g/mol. The van der Waals surface area contributed by atoms with Gasteiger partial charge in [0.25, 0.3) is 0 Å². The Balaban J connectivity index is 1.69. The number of likely N-dealkylation sites (tertiary alicyclic amines) is 1. The summed E-state index contributed by atoms with van der Waals surface area (Å²) in [6.45, 7) is 6.02. The minimum Gasteiger partial charge on any atom is -0.468 e. The van der Waals surface area contributed by atoms with Crippen molar-refractivity contribution < 1.29 is 27.5 Å². The van der Waals surface area contributed by atoms with Crippen LogP contribution in [-0.4, -0.2) is 74.7 Å². The van der Waals surface area contributed by atoms with Crippen LogP contribution in [0.3, 0.4) is 0 Å². The van der Waals surface area contributed by atoms with Gasteiger partial charge in [-0.25, -0.2) is 8.42 Å². The maximum Gasteiger partial charge on any atom is 0.327 e. The third-order valence-corrected chi connectivity index (χ3v) is 9.57. The van der Waals surface area contributed by atoms with Crippen LogP contribution in [0.1, 0.15) is 31.9 Å². The monoisotopic (exact) mass is 541 g/mol. The van der Waals surface area contributed by atoms with E-state index in [-0.39, 0.29) is 23.3 Å². The molecule has 0 bridgehead atoms. The van der Waals surface area contributed by atoms with Crippen molar-refractivity contribution in [2.75, 3.05) is 27.7 Å². The third kappa shape index (κ3) is 4.65. The molecule has 0 saturated carbocycles. The molecule has 2 heterocycles. The Hall–Kier alpha value is -3.08. The van der Waals surface area contributed by atoms with Crippen molar-refractivity contribution in [1.29, 1.82) is 0 Å². The van der Waals surface area contributed by atoms with Crippen molar-refractivity contribution in [1.82, 2.24) is 14.5 Å². The van der Waals surface area contributed by atoms with Gasteiger partial charge in [-0.15, -0.1) is 0 Å². The molecule has 2 aliphatic rings. The summed E-state index contributed by atoms with van der Waals surface area (Å²) in [7, 11) is 0.147. The average Bonchev–Trinajstić information content (AvgIpc) is 3.32. The number of carbonyl (C=O) groups is 3. The Morgan fingerprint density at radius 3 is 2.21 bits per heavy atom. The summed E-state index contributed by atoms with van der Waals surface area (Å²) in [6, 6.07) is 15.1. The van der Waals surface area contributed by atoms with E-state index in [1.807, 2.05) is 51.1 Å². The van der Waals surface area contributed by atoms with Crippen molar-refractivity contribution in [3.8, 4) is 0 Å². The number of nitrogens with one attached hydrogen (secondary N) is 1. The maximum absolute atomic E-state index is 13.5. The van der Waals surface area contributed by atoms with Crippen LogP contribution in [0.4, 0.5) is 0 Å². The minimum absolute atomic E-state index is 0.107. The molecule has 2 aliphatic heterocycles. The van der Waals surface area contributed by atoms with Crippen LogP contribution in [0.25, 0.3) is 0 Å². The highest BCUT2D eigenvalue weighted by Gasteiger charge is 2.68. The first-order valence-corrected chi connectivity index (χ1v) is 14.0. The molecule has 0 aromatic heterocycles. The number of hydrogen-bond acceptors (Lipinski definition) is 7. The van der Waals surface area contributed by atoms with Crippen LogP contribution >= 0.6 is 0 Å². The van der Waals surface area contributed by atoms with Gasteiger partial charge in [0.05, 0.1) is 23.8 Å². The SMILES string of the molecule is COC(=O)[C@]1(Cc2ccccc2)N[C@H](CN(C)S(=O)(=O)c2ccc(C(C)(C)C)cc2)[C@@H]2C(=O)N(C)C(=O)[C@@H]21. The van der Waals surface area contributed by atoms with Gasteiger partial charge in [-0.3, -0.25) is 24.6 Å². The van der Waals surface area contributed by atoms with E-state index in [0.717, 1.165) is 16.0 Å². The largest absolute Gasteiger partial charge is 0.468 e. The maximum atomic E-state index is 13.5. The third-order valence-electron chi connectivity index (χ3n) is 7.74. The summed E-state index contributed by atoms with van der Waals surface area (Å²) in [5.41, 5.74) is 0.122. The quantitative estimate of drug-likeness (QED) is 0.421. The minimum atomic E-state index is -3.92. The van der Waals surface area contributed by atoms with Crippen molar-refractivity contribution in [3.05, 3.63) is 65.7 Å². The fourth-order valence-corrected chi connectivity index (χ4v) is 6.83. The molecule has 9 nitrogen and oxygen atoms in total. The molecule has 4 rings (SSSR count). The van der Waals surface area contributed by atoms with E-state index in [0.29, 0.717) is 0 Å². The predicted molar refractivity (Wildman–Crippen MR) is 142 cm³/mol. The van der Waals surface area contributed by atoms with Gasteiger partial charge in [0.2, 0.25) is 21.8 Å². The summed E-state index contributed by atoms with van der Waals surface area (Å²) < 4.78 is 33.3. The number of imide groups is 1. The van der Waals surface area contributed by atoms with Gasteiger partial charge in [0.1, 0.15) is 5.54 Å². The van der Waals surface area contributed by atoms with Crippen molar-refractivity contribution >= 4 is 27.8 Å². The van der Waals surface area contributed by atoms with Crippen LogP contribution in [0.5, 0.6) is 0 Å². The number of benzene rings is 2. The highest BCUT2D eigenvalue weighted by atomic mass is 32.2. The average molecular weight is 542 g/mol. The zero-order chi connectivity index (χ0) is 28.0. The van der Waals surface area contributed by atoms with Gasteiger partial charge < -0.3 is 4.74 Å². The first-order chi connectivity index (χ1) is 17.7. The first-order valence-electron chi connectivity index (χ1n) is 12.5. The van der Waals surface area contributed by atoms with E-state index >= 15 is 0 Å². The molecule has 2 aromatic carbocycles. The normalized spacial score (nSPS) is 25.7. The van der Waals surface area contributed by atoms with Crippen molar-refractivity contribution in [2.24, 2.45) is 11.8 Å². The van der Waals surface area contributed by atoms with Gasteiger partial charge in [0, 0.05) is 33.1 Å². The Kier molecular flexibility index (Phi) is 7.28.